The van der Waals surface area contributed by atoms with Crippen LogP contribution in [0.1, 0.15) is 12.8 Å². The Balaban J connectivity index is 2.97. The molecular weight excluding hydrogens is 200 g/mol. The van der Waals surface area contributed by atoms with E-state index in [0.29, 0.717) is 5.03 Å². The second-order valence-electron chi connectivity index (χ2n) is 3.00. The molecule has 5 heteroatoms. The number of thioether (sulfide) groups is 1. The van der Waals surface area contributed by atoms with Crippen molar-refractivity contribution in [2.45, 2.75) is 12.8 Å². The fraction of sp³-hybridized carbons (Fsp3) is 0.556. The summed E-state index contributed by atoms with van der Waals surface area (Å²) >= 11 is 1.33. The highest BCUT2D eigenvalue weighted by Crippen LogP contribution is 2.25. The van der Waals surface area contributed by atoms with E-state index in [1.807, 2.05) is 4.90 Å². The van der Waals surface area contributed by atoms with Crippen molar-refractivity contribution in [2.24, 2.45) is 0 Å². The minimum atomic E-state index is -1.14. The van der Waals surface area contributed by atoms with Crippen LogP contribution >= 0.6 is 11.8 Å². The summed E-state index contributed by atoms with van der Waals surface area (Å²) < 4.78 is 0. The molecule has 0 aromatic carbocycles. The molecule has 76 valence electrons. The maximum Gasteiger partial charge on any atom is 0.349 e. The Labute approximate surface area is 87.2 Å². The van der Waals surface area contributed by atoms with Gasteiger partial charge in [-0.1, -0.05) is 0 Å². The highest BCUT2D eigenvalue weighted by Gasteiger charge is 2.21. The summed E-state index contributed by atoms with van der Waals surface area (Å²) in [6, 6.07) is 1.75. The van der Waals surface area contributed by atoms with Gasteiger partial charge < -0.3 is 10.0 Å². The molecule has 1 N–H and O–H groups in total. The second-order valence-corrected chi connectivity index (χ2v) is 3.79. The molecule has 0 aromatic rings. The van der Waals surface area contributed by atoms with Gasteiger partial charge in [0.2, 0.25) is 0 Å². The molecule has 0 amide bonds. The molecule has 1 aliphatic rings. The zero-order valence-corrected chi connectivity index (χ0v) is 8.80. The molecule has 0 spiro atoms. The lowest BCUT2D eigenvalue weighted by molar-refractivity contribution is -0.132. The number of nitrogens with zero attached hydrogens (tertiary/aromatic N) is 2. The van der Waals surface area contributed by atoms with Gasteiger partial charge in [0.15, 0.2) is 5.57 Å². The van der Waals surface area contributed by atoms with Crippen LogP contribution in [0, 0.1) is 11.3 Å². The summed E-state index contributed by atoms with van der Waals surface area (Å²) in [6.07, 6.45) is 3.94. The molecule has 0 aromatic heterocycles. The summed E-state index contributed by atoms with van der Waals surface area (Å²) in [5, 5.41) is 18.1. The molecule has 1 saturated heterocycles. The van der Waals surface area contributed by atoms with Crippen LogP contribution < -0.4 is 0 Å². The van der Waals surface area contributed by atoms with Gasteiger partial charge in [0.05, 0.1) is 5.03 Å². The first-order valence-corrected chi connectivity index (χ1v) is 5.59. The van der Waals surface area contributed by atoms with Gasteiger partial charge in [-0.2, -0.15) is 5.26 Å². The van der Waals surface area contributed by atoms with Gasteiger partial charge in [-0.15, -0.1) is 11.8 Å². The Bertz CT molecular complexity index is 300. The highest BCUT2D eigenvalue weighted by atomic mass is 32.2. The number of hydrogen-bond donors (Lipinski definition) is 1. The largest absolute Gasteiger partial charge is 0.477 e. The number of carbonyl (C=O) groups is 1. The highest BCUT2D eigenvalue weighted by molar-refractivity contribution is 8.02. The van der Waals surface area contributed by atoms with Gasteiger partial charge in [-0.25, -0.2) is 4.79 Å². The quantitative estimate of drug-likeness (QED) is 0.563. The minimum Gasteiger partial charge on any atom is -0.477 e. The van der Waals surface area contributed by atoms with E-state index in [1.165, 1.54) is 11.8 Å². The van der Waals surface area contributed by atoms with E-state index in [2.05, 4.69) is 0 Å². The molecule has 0 saturated carbocycles. The van der Waals surface area contributed by atoms with Crippen molar-refractivity contribution < 1.29 is 9.90 Å². The number of nitriles is 1. The summed E-state index contributed by atoms with van der Waals surface area (Å²) in [5.74, 6) is -1.14. The maximum atomic E-state index is 10.8. The lowest BCUT2D eigenvalue weighted by Gasteiger charge is -2.19. The van der Waals surface area contributed by atoms with E-state index in [1.54, 1.807) is 12.3 Å². The molecule has 0 aliphatic carbocycles. The number of carboxylic acids is 1. The third kappa shape index (κ3) is 2.20. The molecule has 0 radical (unpaired) electrons. The van der Waals surface area contributed by atoms with E-state index in [9.17, 15) is 4.79 Å². The lowest BCUT2D eigenvalue weighted by Crippen LogP contribution is -2.20. The van der Waals surface area contributed by atoms with Crippen molar-refractivity contribution >= 4 is 17.7 Å². The number of rotatable bonds is 3. The van der Waals surface area contributed by atoms with Crippen LogP contribution in [-0.2, 0) is 4.79 Å². The predicted molar refractivity (Wildman–Crippen MR) is 54.6 cm³/mol. The normalized spacial score (nSPS) is 17.6. The van der Waals surface area contributed by atoms with Crippen LogP contribution in [0.2, 0.25) is 0 Å². The Morgan fingerprint density at radius 2 is 2.07 bits per heavy atom. The zero-order chi connectivity index (χ0) is 10.6. The third-order valence-electron chi connectivity index (χ3n) is 2.13. The molecule has 0 atom stereocenters. The van der Waals surface area contributed by atoms with Crippen molar-refractivity contribution in [3.8, 4) is 6.07 Å². The second kappa shape index (κ2) is 4.91. The van der Waals surface area contributed by atoms with Crippen LogP contribution in [0.5, 0.6) is 0 Å². The fourth-order valence-electron chi connectivity index (χ4n) is 1.50. The lowest BCUT2D eigenvalue weighted by atomic mass is 10.3. The number of aliphatic carboxylic acids is 1. The van der Waals surface area contributed by atoms with Crippen molar-refractivity contribution in [1.82, 2.24) is 4.90 Å². The van der Waals surface area contributed by atoms with E-state index in [-0.39, 0.29) is 5.57 Å². The summed E-state index contributed by atoms with van der Waals surface area (Å²) in [4.78, 5) is 12.7. The Kier molecular flexibility index (Phi) is 3.84. The van der Waals surface area contributed by atoms with Gasteiger partial charge in [0.1, 0.15) is 6.07 Å². The Morgan fingerprint density at radius 1 is 1.50 bits per heavy atom. The van der Waals surface area contributed by atoms with Crippen molar-refractivity contribution in [3.63, 3.8) is 0 Å². The van der Waals surface area contributed by atoms with E-state index >= 15 is 0 Å². The summed E-state index contributed by atoms with van der Waals surface area (Å²) in [5.41, 5.74) is -0.139. The van der Waals surface area contributed by atoms with Gasteiger partial charge >= 0.3 is 5.97 Å². The Morgan fingerprint density at radius 3 is 2.43 bits per heavy atom. The van der Waals surface area contributed by atoms with Crippen LogP contribution in [-0.4, -0.2) is 35.3 Å². The molecule has 1 fully saturated rings. The van der Waals surface area contributed by atoms with E-state index in [4.69, 9.17) is 10.4 Å². The van der Waals surface area contributed by atoms with Crippen LogP contribution in [0.4, 0.5) is 0 Å². The summed E-state index contributed by atoms with van der Waals surface area (Å²) in [7, 11) is 0. The average molecular weight is 212 g/mol. The Hall–Kier alpha value is -1.15. The average Bonchev–Trinajstić information content (AvgIpc) is 2.65. The molecule has 1 rings (SSSR count). The number of hydrogen-bond acceptors (Lipinski definition) is 4. The topological polar surface area (TPSA) is 64.3 Å². The minimum absolute atomic E-state index is 0.139. The first-order valence-electron chi connectivity index (χ1n) is 4.37. The molecule has 14 heavy (non-hydrogen) atoms. The van der Waals surface area contributed by atoms with Crippen molar-refractivity contribution in [1.29, 1.82) is 5.26 Å². The van der Waals surface area contributed by atoms with Gasteiger partial charge in [0.25, 0.3) is 0 Å². The van der Waals surface area contributed by atoms with E-state index in [0.717, 1.165) is 25.9 Å². The monoisotopic (exact) mass is 212 g/mol. The summed E-state index contributed by atoms with van der Waals surface area (Å²) in [6.45, 7) is 1.71. The first kappa shape index (κ1) is 10.9. The van der Waals surface area contributed by atoms with Crippen LogP contribution in [0.25, 0.3) is 0 Å². The maximum absolute atomic E-state index is 10.8. The SMILES string of the molecule is CS/C(=C(\C#N)C(=O)O)N1CCCC1. The number of carboxylic acid groups (broad SMARTS) is 1. The van der Waals surface area contributed by atoms with Gasteiger partial charge in [-0.05, 0) is 19.1 Å². The van der Waals surface area contributed by atoms with E-state index < -0.39 is 5.97 Å². The molecule has 0 unspecified atom stereocenters. The van der Waals surface area contributed by atoms with Crippen LogP contribution in [0.15, 0.2) is 10.6 Å². The fourth-order valence-corrected chi connectivity index (χ4v) is 2.27. The third-order valence-corrected chi connectivity index (χ3v) is 2.98. The molecule has 1 aliphatic heterocycles. The van der Waals surface area contributed by atoms with Crippen molar-refractivity contribution in [3.05, 3.63) is 10.6 Å². The van der Waals surface area contributed by atoms with Crippen molar-refractivity contribution in [2.75, 3.05) is 19.3 Å². The molecule has 0 bridgehead atoms. The van der Waals surface area contributed by atoms with Gasteiger partial charge in [0, 0.05) is 13.1 Å². The smallest absolute Gasteiger partial charge is 0.349 e. The van der Waals surface area contributed by atoms with Crippen LogP contribution in [0.3, 0.4) is 0 Å². The zero-order valence-electron chi connectivity index (χ0n) is 7.99. The van der Waals surface area contributed by atoms with Gasteiger partial charge in [-0.3, -0.25) is 0 Å². The number of likely N-dealkylation sites (tertiary alicyclic amines) is 1. The predicted octanol–water partition coefficient (Wildman–Crippen LogP) is 1.26. The molecule has 1 heterocycles. The molecule has 4 nitrogen and oxygen atoms in total. The molecular formula is C9H12N2O2S. The standard InChI is InChI=1S/C9H12N2O2S/c1-14-8(7(6-10)9(12)13)11-4-2-3-5-11/h2-5H2,1H3,(H,12,13)/b8-7+. The first-order chi connectivity index (χ1) is 6.70.